The Labute approximate surface area is 123 Å². The molecule has 0 aromatic rings. The number of alkyl carbamates (subject to hydrolysis) is 1. The molecule has 0 aromatic heterocycles. The van der Waals surface area contributed by atoms with E-state index in [2.05, 4.69) is 21.2 Å². The van der Waals surface area contributed by atoms with Gasteiger partial charge in [0.25, 0.3) is 0 Å². The van der Waals surface area contributed by atoms with Crippen molar-refractivity contribution in [2.45, 2.75) is 44.5 Å². The zero-order valence-corrected chi connectivity index (χ0v) is 13.6. The van der Waals surface area contributed by atoms with Gasteiger partial charge >= 0.3 is 6.09 Å². The minimum absolute atomic E-state index is 0.172. The summed E-state index contributed by atoms with van der Waals surface area (Å²) in [7, 11) is 0. The number of ether oxygens (including phenoxy) is 1. The van der Waals surface area contributed by atoms with Gasteiger partial charge in [0.2, 0.25) is 5.91 Å². The largest absolute Gasteiger partial charge is 0.444 e. The Kier molecular flexibility index (Phi) is 5.64. The fourth-order valence-corrected chi connectivity index (χ4v) is 2.54. The number of nitrogens with zero attached hydrogens (tertiary/aromatic N) is 1. The van der Waals surface area contributed by atoms with Gasteiger partial charge in [0, 0.05) is 30.9 Å². The molecule has 2 atom stereocenters. The summed E-state index contributed by atoms with van der Waals surface area (Å²) < 4.78 is 5.16. The number of nitrogens with one attached hydrogen (secondary N) is 1. The van der Waals surface area contributed by atoms with Gasteiger partial charge in [0.1, 0.15) is 5.60 Å². The van der Waals surface area contributed by atoms with Crippen molar-refractivity contribution in [1.82, 2.24) is 10.2 Å². The van der Waals surface area contributed by atoms with Gasteiger partial charge in [0.05, 0.1) is 0 Å². The van der Waals surface area contributed by atoms with Crippen LogP contribution in [0.15, 0.2) is 0 Å². The first-order chi connectivity index (χ1) is 8.67. The molecule has 1 heterocycles. The fraction of sp³-hybridized carbons (Fsp3) is 0.846. The third-order valence-electron chi connectivity index (χ3n) is 2.69. The van der Waals surface area contributed by atoms with Crippen LogP contribution in [0.2, 0.25) is 0 Å². The number of carbonyl (C=O) groups is 2. The van der Waals surface area contributed by atoms with Crippen LogP contribution in [-0.4, -0.2) is 47.0 Å². The molecular weight excluding hydrogens is 312 g/mol. The molecule has 1 aliphatic heterocycles. The molecule has 1 fully saturated rings. The number of carbonyl (C=O) groups excluding carboxylic acids is 2. The van der Waals surface area contributed by atoms with Crippen molar-refractivity contribution in [1.29, 1.82) is 0 Å². The first kappa shape index (κ1) is 16.3. The summed E-state index contributed by atoms with van der Waals surface area (Å²) in [5.41, 5.74) is -0.485. The van der Waals surface area contributed by atoms with E-state index in [1.807, 2.05) is 32.6 Å². The topological polar surface area (TPSA) is 58.6 Å². The van der Waals surface area contributed by atoms with Crippen LogP contribution < -0.4 is 5.32 Å². The number of halogens is 1. The second-order valence-electron chi connectivity index (χ2n) is 6.09. The zero-order valence-electron chi connectivity index (χ0n) is 12.0. The lowest BCUT2D eigenvalue weighted by Crippen LogP contribution is -2.38. The summed E-state index contributed by atoms with van der Waals surface area (Å²) in [5.74, 6) is 0.375. The molecule has 1 saturated heterocycles. The van der Waals surface area contributed by atoms with E-state index in [4.69, 9.17) is 4.74 Å². The van der Waals surface area contributed by atoms with E-state index in [0.717, 1.165) is 6.54 Å². The molecule has 2 amide bonds. The Bertz CT molecular complexity index is 341. The van der Waals surface area contributed by atoms with E-state index in [-0.39, 0.29) is 16.7 Å². The minimum atomic E-state index is -0.485. The van der Waals surface area contributed by atoms with E-state index in [0.29, 0.717) is 19.5 Å². The van der Waals surface area contributed by atoms with E-state index in [9.17, 15) is 9.59 Å². The molecule has 0 saturated carbocycles. The highest BCUT2D eigenvalue weighted by molar-refractivity contribution is 9.09. The van der Waals surface area contributed by atoms with Crippen molar-refractivity contribution in [3.63, 3.8) is 0 Å². The van der Waals surface area contributed by atoms with Gasteiger partial charge in [-0.25, -0.2) is 4.79 Å². The first-order valence-electron chi connectivity index (χ1n) is 6.56. The van der Waals surface area contributed by atoms with Crippen LogP contribution in [0.4, 0.5) is 4.79 Å². The zero-order chi connectivity index (χ0) is 14.6. The van der Waals surface area contributed by atoms with E-state index < -0.39 is 11.7 Å². The summed E-state index contributed by atoms with van der Waals surface area (Å²) in [6.07, 6.45) is 0.150. The minimum Gasteiger partial charge on any atom is -0.444 e. The van der Waals surface area contributed by atoms with E-state index >= 15 is 0 Å². The highest BCUT2D eigenvalue weighted by Crippen LogP contribution is 2.19. The standard InChI is InChI=1S/C13H23BrN2O3/c1-9(6-15-12(18)19-13(2,3)4)7-16-8-10(14)5-11(16)17/h9-10H,5-8H2,1-4H3,(H,15,18). The third kappa shape index (κ3) is 6.27. The maximum absolute atomic E-state index is 11.6. The average molecular weight is 335 g/mol. The van der Waals surface area contributed by atoms with Crippen LogP contribution in [0.5, 0.6) is 0 Å². The molecule has 1 aliphatic rings. The Morgan fingerprint density at radius 1 is 1.58 bits per heavy atom. The van der Waals surface area contributed by atoms with Crippen LogP contribution >= 0.6 is 15.9 Å². The fourth-order valence-electron chi connectivity index (χ4n) is 1.91. The van der Waals surface area contributed by atoms with Gasteiger partial charge in [-0.1, -0.05) is 22.9 Å². The molecule has 5 nitrogen and oxygen atoms in total. The van der Waals surface area contributed by atoms with Crippen LogP contribution in [-0.2, 0) is 9.53 Å². The summed E-state index contributed by atoms with van der Waals surface area (Å²) in [6.45, 7) is 9.41. The first-order valence-corrected chi connectivity index (χ1v) is 7.47. The molecule has 110 valence electrons. The molecule has 1 rings (SSSR count). The highest BCUT2D eigenvalue weighted by Gasteiger charge is 2.28. The van der Waals surface area contributed by atoms with Gasteiger partial charge in [0.15, 0.2) is 0 Å². The lowest BCUT2D eigenvalue weighted by atomic mass is 10.1. The molecule has 0 aliphatic carbocycles. The molecule has 2 unspecified atom stereocenters. The summed E-state index contributed by atoms with van der Waals surface area (Å²) in [6, 6.07) is 0. The predicted octanol–water partition coefficient (Wildman–Crippen LogP) is 2.14. The molecule has 6 heteroatoms. The molecular formula is C13H23BrN2O3. The number of amides is 2. The monoisotopic (exact) mass is 334 g/mol. The number of alkyl halides is 1. The van der Waals surface area contributed by atoms with Crippen LogP contribution in [0.3, 0.4) is 0 Å². The van der Waals surface area contributed by atoms with E-state index in [1.165, 1.54) is 0 Å². The lowest BCUT2D eigenvalue weighted by Gasteiger charge is -2.23. The van der Waals surface area contributed by atoms with Crippen molar-refractivity contribution in [3.05, 3.63) is 0 Å². The van der Waals surface area contributed by atoms with Crippen molar-refractivity contribution in [2.75, 3.05) is 19.6 Å². The normalized spacial score (nSPS) is 21.4. The van der Waals surface area contributed by atoms with Crippen molar-refractivity contribution < 1.29 is 14.3 Å². The van der Waals surface area contributed by atoms with Crippen LogP contribution in [0.1, 0.15) is 34.1 Å². The summed E-state index contributed by atoms with van der Waals surface area (Å²) in [4.78, 5) is 25.2. The molecule has 0 aromatic carbocycles. The molecule has 1 N–H and O–H groups in total. The van der Waals surface area contributed by atoms with E-state index in [1.54, 1.807) is 0 Å². The second kappa shape index (κ2) is 6.59. The van der Waals surface area contributed by atoms with Gasteiger partial charge in [-0.2, -0.15) is 0 Å². The smallest absolute Gasteiger partial charge is 0.407 e. The molecule has 0 bridgehead atoms. The number of hydrogen-bond acceptors (Lipinski definition) is 3. The lowest BCUT2D eigenvalue weighted by molar-refractivity contribution is -0.128. The average Bonchev–Trinajstić information content (AvgIpc) is 2.52. The van der Waals surface area contributed by atoms with Crippen molar-refractivity contribution >= 4 is 27.9 Å². The third-order valence-corrected chi connectivity index (χ3v) is 3.31. The number of hydrogen-bond donors (Lipinski definition) is 1. The number of likely N-dealkylation sites (tertiary alicyclic amines) is 1. The van der Waals surface area contributed by atoms with Crippen molar-refractivity contribution in [3.8, 4) is 0 Å². The summed E-state index contributed by atoms with van der Waals surface area (Å²) >= 11 is 3.45. The molecule has 0 spiro atoms. The number of rotatable bonds is 4. The van der Waals surface area contributed by atoms with Gasteiger partial charge < -0.3 is 15.0 Å². The van der Waals surface area contributed by atoms with Gasteiger partial charge in [-0.05, 0) is 26.7 Å². The Morgan fingerprint density at radius 3 is 2.68 bits per heavy atom. The van der Waals surface area contributed by atoms with Crippen molar-refractivity contribution in [2.24, 2.45) is 5.92 Å². The Morgan fingerprint density at radius 2 is 2.21 bits per heavy atom. The maximum atomic E-state index is 11.6. The molecule has 19 heavy (non-hydrogen) atoms. The SMILES string of the molecule is CC(CNC(=O)OC(C)(C)C)CN1CC(Br)CC1=O. The maximum Gasteiger partial charge on any atom is 0.407 e. The van der Waals surface area contributed by atoms with Gasteiger partial charge in [-0.3, -0.25) is 4.79 Å². The summed E-state index contributed by atoms with van der Waals surface area (Å²) in [5, 5.41) is 2.73. The molecule has 0 radical (unpaired) electrons. The van der Waals surface area contributed by atoms with Crippen LogP contribution in [0, 0.1) is 5.92 Å². The Hall–Kier alpha value is -0.780. The second-order valence-corrected chi connectivity index (χ2v) is 7.38. The van der Waals surface area contributed by atoms with Gasteiger partial charge in [-0.15, -0.1) is 0 Å². The van der Waals surface area contributed by atoms with Crippen LogP contribution in [0.25, 0.3) is 0 Å². The highest BCUT2D eigenvalue weighted by atomic mass is 79.9. The predicted molar refractivity (Wildman–Crippen MR) is 77.3 cm³/mol. The Balaban J connectivity index is 2.26. The quantitative estimate of drug-likeness (QED) is 0.801.